The molecule has 0 saturated heterocycles. The first kappa shape index (κ1) is 13.4. The van der Waals surface area contributed by atoms with Gasteiger partial charge in [-0.05, 0) is 36.8 Å². The number of carbonyl (C=O) groups excluding carboxylic acids is 1. The van der Waals surface area contributed by atoms with E-state index in [4.69, 9.17) is 4.74 Å². The summed E-state index contributed by atoms with van der Waals surface area (Å²) in [6, 6.07) is 7.86. The second-order valence-corrected chi connectivity index (χ2v) is 5.94. The fourth-order valence-corrected chi connectivity index (χ4v) is 2.80. The first-order valence-corrected chi connectivity index (χ1v) is 7.29. The second-order valence-electron chi connectivity index (χ2n) is 5.94. The molecule has 2 atom stereocenters. The van der Waals surface area contributed by atoms with Crippen LogP contribution in [0.2, 0.25) is 0 Å². The Morgan fingerprint density at radius 2 is 2.20 bits per heavy atom. The summed E-state index contributed by atoms with van der Waals surface area (Å²) in [5, 5.41) is 9.94. The number of rotatable bonds is 4. The van der Waals surface area contributed by atoms with Crippen molar-refractivity contribution in [2.75, 3.05) is 20.2 Å². The van der Waals surface area contributed by atoms with Gasteiger partial charge in [0.15, 0.2) is 0 Å². The summed E-state index contributed by atoms with van der Waals surface area (Å²) in [5.41, 5.74) is 1.09. The number of hydrogen-bond donors (Lipinski definition) is 1. The predicted octanol–water partition coefficient (Wildman–Crippen LogP) is 1.47. The van der Waals surface area contributed by atoms with Crippen molar-refractivity contribution in [3.63, 3.8) is 0 Å². The Bertz CT molecular complexity index is 498. The first-order chi connectivity index (χ1) is 9.65. The summed E-state index contributed by atoms with van der Waals surface area (Å²) in [4.78, 5) is 14.1. The first-order valence-electron chi connectivity index (χ1n) is 7.29. The summed E-state index contributed by atoms with van der Waals surface area (Å²) >= 11 is 0. The quantitative estimate of drug-likeness (QED) is 0.905. The highest BCUT2D eigenvalue weighted by Gasteiger charge is 2.33. The maximum absolute atomic E-state index is 12.4. The number of fused-ring (bicyclic) bond motifs is 1. The molecule has 2 aliphatic rings. The molecule has 1 aliphatic carbocycles. The molecule has 0 bridgehead atoms. The number of aliphatic hydroxyl groups excluding tert-OH is 1. The standard InChI is InChI=1S/C16H21NO3/c1-17(9-14(18)11-6-7-11)16(19)13-8-12-4-2-3-5-15(12)20-10-13/h2-5,11,13-14,18H,6-10H2,1H3. The number of nitrogens with zero attached hydrogens (tertiary/aromatic N) is 1. The Hall–Kier alpha value is -1.55. The van der Waals surface area contributed by atoms with Crippen molar-refractivity contribution in [2.45, 2.75) is 25.4 Å². The average Bonchev–Trinajstić information content (AvgIpc) is 3.30. The van der Waals surface area contributed by atoms with Gasteiger partial charge in [-0.1, -0.05) is 18.2 Å². The molecule has 3 rings (SSSR count). The molecule has 0 spiro atoms. The number of ether oxygens (including phenoxy) is 1. The molecule has 1 N–H and O–H groups in total. The number of amides is 1. The van der Waals surface area contributed by atoms with Crippen molar-refractivity contribution in [1.29, 1.82) is 0 Å². The lowest BCUT2D eigenvalue weighted by Gasteiger charge is -2.29. The van der Waals surface area contributed by atoms with E-state index in [-0.39, 0.29) is 17.9 Å². The van der Waals surface area contributed by atoms with Crippen LogP contribution in [0, 0.1) is 11.8 Å². The third kappa shape index (κ3) is 2.80. The maximum Gasteiger partial charge on any atom is 0.229 e. The van der Waals surface area contributed by atoms with E-state index in [0.29, 0.717) is 19.1 Å². The van der Waals surface area contributed by atoms with Crippen molar-refractivity contribution >= 4 is 5.91 Å². The smallest absolute Gasteiger partial charge is 0.229 e. The van der Waals surface area contributed by atoms with Gasteiger partial charge in [0.25, 0.3) is 0 Å². The van der Waals surface area contributed by atoms with Gasteiger partial charge in [0, 0.05) is 13.6 Å². The van der Waals surface area contributed by atoms with Crippen LogP contribution in [-0.2, 0) is 11.2 Å². The summed E-state index contributed by atoms with van der Waals surface area (Å²) in [7, 11) is 1.77. The summed E-state index contributed by atoms with van der Waals surface area (Å²) in [6.07, 6.45) is 2.52. The molecule has 0 radical (unpaired) electrons. The minimum Gasteiger partial charge on any atom is -0.492 e. The van der Waals surface area contributed by atoms with Crippen molar-refractivity contribution in [1.82, 2.24) is 4.90 Å². The Morgan fingerprint density at radius 3 is 2.95 bits per heavy atom. The SMILES string of the molecule is CN(CC(O)C1CC1)C(=O)C1COc2ccccc2C1. The second kappa shape index (κ2) is 5.44. The number of benzene rings is 1. The summed E-state index contributed by atoms with van der Waals surface area (Å²) in [6.45, 7) is 0.862. The van der Waals surface area contributed by atoms with E-state index >= 15 is 0 Å². The molecule has 1 amide bonds. The highest BCUT2D eigenvalue weighted by molar-refractivity contribution is 5.79. The topological polar surface area (TPSA) is 49.8 Å². The van der Waals surface area contributed by atoms with Crippen LogP contribution in [0.4, 0.5) is 0 Å². The zero-order valence-electron chi connectivity index (χ0n) is 11.8. The van der Waals surface area contributed by atoms with Crippen LogP contribution in [0.25, 0.3) is 0 Å². The molecule has 2 unspecified atom stereocenters. The summed E-state index contributed by atoms with van der Waals surface area (Å²) in [5.74, 6) is 1.21. The van der Waals surface area contributed by atoms with Gasteiger partial charge in [-0.3, -0.25) is 4.79 Å². The van der Waals surface area contributed by atoms with Crippen molar-refractivity contribution in [3.8, 4) is 5.75 Å². The van der Waals surface area contributed by atoms with E-state index in [1.165, 1.54) is 0 Å². The highest BCUT2D eigenvalue weighted by atomic mass is 16.5. The summed E-state index contributed by atoms with van der Waals surface area (Å²) < 4.78 is 5.66. The van der Waals surface area contributed by atoms with Crippen molar-refractivity contribution < 1.29 is 14.6 Å². The minimum atomic E-state index is -0.374. The van der Waals surface area contributed by atoms with Gasteiger partial charge in [0.05, 0.1) is 12.0 Å². The number of para-hydroxylation sites is 1. The molecular weight excluding hydrogens is 254 g/mol. The lowest BCUT2D eigenvalue weighted by Crippen LogP contribution is -2.42. The predicted molar refractivity (Wildman–Crippen MR) is 75.5 cm³/mol. The normalized spacial score (nSPS) is 22.6. The van der Waals surface area contributed by atoms with Gasteiger partial charge >= 0.3 is 0 Å². The van der Waals surface area contributed by atoms with Crippen LogP contribution in [-0.4, -0.2) is 42.2 Å². The van der Waals surface area contributed by atoms with Gasteiger partial charge in [-0.2, -0.15) is 0 Å². The maximum atomic E-state index is 12.4. The lowest BCUT2D eigenvalue weighted by molar-refractivity contribution is -0.137. The molecule has 1 aromatic rings. The van der Waals surface area contributed by atoms with E-state index in [1.54, 1.807) is 11.9 Å². The van der Waals surface area contributed by atoms with E-state index in [1.807, 2.05) is 24.3 Å². The van der Waals surface area contributed by atoms with E-state index in [9.17, 15) is 9.90 Å². The number of likely N-dealkylation sites (N-methyl/N-ethyl adjacent to an activating group) is 1. The molecule has 4 nitrogen and oxygen atoms in total. The highest BCUT2D eigenvalue weighted by Crippen LogP contribution is 2.33. The van der Waals surface area contributed by atoms with Gasteiger partial charge in [-0.15, -0.1) is 0 Å². The Kier molecular flexibility index (Phi) is 3.66. The van der Waals surface area contributed by atoms with Crippen molar-refractivity contribution in [2.24, 2.45) is 11.8 Å². The van der Waals surface area contributed by atoms with E-state index in [2.05, 4.69) is 0 Å². The van der Waals surface area contributed by atoms with E-state index < -0.39 is 0 Å². The Morgan fingerprint density at radius 1 is 1.45 bits per heavy atom. The lowest BCUT2D eigenvalue weighted by atomic mass is 9.95. The van der Waals surface area contributed by atoms with Crippen LogP contribution in [0.15, 0.2) is 24.3 Å². The number of carbonyl (C=O) groups is 1. The van der Waals surface area contributed by atoms with Gasteiger partial charge in [0.2, 0.25) is 5.91 Å². The molecule has 20 heavy (non-hydrogen) atoms. The molecule has 1 fully saturated rings. The fraction of sp³-hybridized carbons (Fsp3) is 0.562. The van der Waals surface area contributed by atoms with Crippen molar-refractivity contribution in [3.05, 3.63) is 29.8 Å². The molecule has 0 aromatic heterocycles. The zero-order chi connectivity index (χ0) is 14.1. The monoisotopic (exact) mass is 275 g/mol. The number of aliphatic hydroxyl groups is 1. The van der Waals surface area contributed by atoms with Crippen LogP contribution < -0.4 is 4.74 Å². The average molecular weight is 275 g/mol. The zero-order valence-corrected chi connectivity index (χ0v) is 11.8. The minimum absolute atomic E-state index is 0.0687. The van der Waals surface area contributed by atoms with Gasteiger partial charge in [-0.25, -0.2) is 0 Å². The van der Waals surface area contributed by atoms with Crippen LogP contribution in [0.5, 0.6) is 5.75 Å². The van der Waals surface area contributed by atoms with Gasteiger partial charge < -0.3 is 14.7 Å². The largest absolute Gasteiger partial charge is 0.492 e. The van der Waals surface area contributed by atoms with Gasteiger partial charge in [0.1, 0.15) is 12.4 Å². The third-order valence-corrected chi connectivity index (χ3v) is 4.23. The van der Waals surface area contributed by atoms with E-state index in [0.717, 1.165) is 30.6 Å². The van der Waals surface area contributed by atoms with Crippen LogP contribution >= 0.6 is 0 Å². The Balaban J connectivity index is 1.60. The molecule has 4 heteroatoms. The fourth-order valence-electron chi connectivity index (χ4n) is 2.80. The molecule has 108 valence electrons. The Labute approximate surface area is 119 Å². The molecule has 1 heterocycles. The molecule has 1 aromatic carbocycles. The third-order valence-electron chi connectivity index (χ3n) is 4.23. The molecular formula is C16H21NO3. The molecule has 1 aliphatic heterocycles. The van der Waals surface area contributed by atoms with Crippen LogP contribution in [0.1, 0.15) is 18.4 Å². The van der Waals surface area contributed by atoms with Crippen LogP contribution in [0.3, 0.4) is 0 Å². The number of hydrogen-bond acceptors (Lipinski definition) is 3. The molecule has 1 saturated carbocycles.